The molecule has 1 amide bonds. The number of amides is 1. The first-order chi connectivity index (χ1) is 13.1. The SMILES string of the molecule is CC(=O)Oc1c(C)cc(COC(=O)NCCCCCCOP(C)(=O)O)cc1C. The number of rotatable bonds is 11. The van der Waals surface area contributed by atoms with Crippen LogP contribution in [0.5, 0.6) is 5.75 Å². The average molecular weight is 415 g/mol. The number of aryl methyl sites for hydroxylation is 2. The first kappa shape index (κ1) is 24.1. The Labute approximate surface area is 166 Å². The Bertz CT molecular complexity index is 691. The molecule has 1 atom stereocenters. The van der Waals surface area contributed by atoms with Crippen LogP contribution in [0.25, 0.3) is 0 Å². The molecule has 158 valence electrons. The molecule has 0 aliphatic carbocycles. The summed E-state index contributed by atoms with van der Waals surface area (Å²) in [6, 6.07) is 3.64. The van der Waals surface area contributed by atoms with Gasteiger partial charge in [-0.25, -0.2) is 4.79 Å². The molecule has 0 aromatic heterocycles. The maximum absolute atomic E-state index is 11.8. The highest BCUT2D eigenvalue weighted by Gasteiger charge is 2.10. The van der Waals surface area contributed by atoms with Crippen LogP contribution >= 0.6 is 7.60 Å². The summed E-state index contributed by atoms with van der Waals surface area (Å²) in [4.78, 5) is 31.9. The number of nitrogens with one attached hydrogen (secondary N) is 1. The van der Waals surface area contributed by atoms with Gasteiger partial charge in [-0.3, -0.25) is 9.36 Å². The largest absolute Gasteiger partial charge is 0.445 e. The Balaban J connectivity index is 2.23. The molecule has 0 bridgehead atoms. The summed E-state index contributed by atoms with van der Waals surface area (Å²) in [6.07, 6.45) is 2.72. The third kappa shape index (κ3) is 10.4. The van der Waals surface area contributed by atoms with Crippen molar-refractivity contribution in [1.82, 2.24) is 5.32 Å². The molecule has 0 heterocycles. The monoisotopic (exact) mass is 415 g/mol. The molecule has 0 saturated carbocycles. The maximum Gasteiger partial charge on any atom is 0.407 e. The molecule has 1 aromatic rings. The van der Waals surface area contributed by atoms with Crippen molar-refractivity contribution >= 4 is 19.7 Å². The lowest BCUT2D eigenvalue weighted by atomic mass is 10.1. The van der Waals surface area contributed by atoms with Gasteiger partial charge in [0.05, 0.1) is 6.61 Å². The number of benzene rings is 1. The first-order valence-corrected chi connectivity index (χ1v) is 11.2. The van der Waals surface area contributed by atoms with E-state index in [4.69, 9.17) is 18.9 Å². The van der Waals surface area contributed by atoms with Crippen molar-refractivity contribution in [2.45, 2.75) is 53.1 Å². The summed E-state index contributed by atoms with van der Waals surface area (Å²) < 4.78 is 26.1. The quantitative estimate of drug-likeness (QED) is 0.244. The Kier molecular flexibility index (Phi) is 10.2. The van der Waals surface area contributed by atoms with Gasteiger partial charge in [-0.05, 0) is 55.5 Å². The summed E-state index contributed by atoms with van der Waals surface area (Å²) in [6.45, 7) is 7.07. The third-order valence-corrected chi connectivity index (χ3v) is 4.47. The van der Waals surface area contributed by atoms with Crippen LogP contribution in [0.3, 0.4) is 0 Å². The van der Waals surface area contributed by atoms with Crippen molar-refractivity contribution < 1.29 is 33.0 Å². The van der Waals surface area contributed by atoms with Crippen LogP contribution in [0.15, 0.2) is 12.1 Å². The maximum atomic E-state index is 11.8. The Morgan fingerprint density at radius 3 is 2.29 bits per heavy atom. The molecule has 0 radical (unpaired) electrons. The van der Waals surface area contributed by atoms with E-state index >= 15 is 0 Å². The summed E-state index contributed by atoms with van der Waals surface area (Å²) in [5, 5.41) is 2.69. The second-order valence-corrected chi connectivity index (χ2v) is 8.57. The van der Waals surface area contributed by atoms with E-state index in [0.29, 0.717) is 18.7 Å². The Morgan fingerprint density at radius 2 is 1.71 bits per heavy atom. The van der Waals surface area contributed by atoms with Gasteiger partial charge in [0.2, 0.25) is 0 Å². The third-order valence-electron chi connectivity index (χ3n) is 3.81. The van der Waals surface area contributed by atoms with Crippen LogP contribution in [0.4, 0.5) is 4.79 Å². The van der Waals surface area contributed by atoms with Crippen LogP contribution in [0.1, 0.15) is 49.3 Å². The van der Waals surface area contributed by atoms with Crippen LogP contribution < -0.4 is 10.1 Å². The Morgan fingerprint density at radius 1 is 1.11 bits per heavy atom. The summed E-state index contributed by atoms with van der Waals surface area (Å²) in [5.41, 5.74) is 2.43. The van der Waals surface area contributed by atoms with Crippen molar-refractivity contribution in [3.05, 3.63) is 28.8 Å². The topological polar surface area (TPSA) is 111 Å². The molecular weight excluding hydrogens is 385 g/mol. The molecule has 0 spiro atoms. The molecule has 8 nitrogen and oxygen atoms in total. The van der Waals surface area contributed by atoms with E-state index < -0.39 is 13.7 Å². The van der Waals surface area contributed by atoms with Crippen molar-refractivity contribution in [3.63, 3.8) is 0 Å². The lowest BCUT2D eigenvalue weighted by Gasteiger charge is -2.12. The number of carbonyl (C=O) groups excluding carboxylic acids is 2. The number of alkyl carbamates (subject to hydrolysis) is 1. The minimum absolute atomic E-state index is 0.128. The number of ether oxygens (including phenoxy) is 2. The van der Waals surface area contributed by atoms with Gasteiger partial charge in [-0.15, -0.1) is 0 Å². The van der Waals surface area contributed by atoms with Crippen molar-refractivity contribution in [3.8, 4) is 5.75 Å². The predicted molar refractivity (Wildman–Crippen MR) is 106 cm³/mol. The van der Waals surface area contributed by atoms with Crippen LogP contribution in [-0.2, 0) is 25.2 Å². The van der Waals surface area contributed by atoms with Crippen LogP contribution in [0, 0.1) is 13.8 Å². The minimum atomic E-state index is -3.38. The van der Waals surface area contributed by atoms with E-state index in [2.05, 4.69) is 5.32 Å². The van der Waals surface area contributed by atoms with Gasteiger partial charge in [-0.1, -0.05) is 12.8 Å². The highest BCUT2D eigenvalue weighted by atomic mass is 31.2. The molecule has 2 N–H and O–H groups in total. The zero-order valence-electron chi connectivity index (χ0n) is 16.9. The van der Waals surface area contributed by atoms with Crippen LogP contribution in [0.2, 0.25) is 0 Å². The number of hydrogen-bond acceptors (Lipinski definition) is 6. The molecule has 9 heteroatoms. The van der Waals surface area contributed by atoms with Gasteiger partial charge in [0.25, 0.3) is 0 Å². The van der Waals surface area contributed by atoms with E-state index in [-0.39, 0.29) is 19.2 Å². The smallest absolute Gasteiger partial charge is 0.407 e. The average Bonchev–Trinajstić information content (AvgIpc) is 2.57. The minimum Gasteiger partial charge on any atom is -0.445 e. The second kappa shape index (κ2) is 11.8. The van der Waals surface area contributed by atoms with Gasteiger partial charge in [0.15, 0.2) is 0 Å². The Hall–Kier alpha value is -1.89. The van der Waals surface area contributed by atoms with Crippen molar-refractivity contribution in [2.24, 2.45) is 0 Å². The van der Waals surface area contributed by atoms with E-state index in [0.717, 1.165) is 36.0 Å². The van der Waals surface area contributed by atoms with E-state index in [1.807, 2.05) is 26.0 Å². The first-order valence-electron chi connectivity index (χ1n) is 9.22. The van der Waals surface area contributed by atoms with Gasteiger partial charge in [0, 0.05) is 20.1 Å². The fourth-order valence-electron chi connectivity index (χ4n) is 2.63. The number of carbonyl (C=O) groups is 2. The number of hydrogen-bond donors (Lipinski definition) is 2. The standard InChI is InChI=1S/C19H30NO7P/c1-14-11-17(12-15(2)18(14)27-16(3)21)13-25-19(22)20-9-7-5-6-8-10-26-28(4,23)24/h11-12H,5-10,13H2,1-4H3,(H,20,22)(H,23,24). The lowest BCUT2D eigenvalue weighted by molar-refractivity contribution is -0.131. The molecular formula is C19H30NO7P. The number of esters is 1. The molecule has 1 aromatic carbocycles. The zero-order chi connectivity index (χ0) is 21.2. The molecule has 0 saturated heterocycles. The lowest BCUT2D eigenvalue weighted by Crippen LogP contribution is -2.25. The molecule has 1 rings (SSSR count). The normalized spacial score (nSPS) is 12.9. The summed E-state index contributed by atoms with van der Waals surface area (Å²) in [5.74, 6) is 0.160. The van der Waals surface area contributed by atoms with E-state index in [1.165, 1.54) is 13.6 Å². The second-order valence-electron chi connectivity index (χ2n) is 6.71. The van der Waals surface area contributed by atoms with Gasteiger partial charge in [0.1, 0.15) is 12.4 Å². The molecule has 28 heavy (non-hydrogen) atoms. The molecule has 0 aliphatic heterocycles. The zero-order valence-corrected chi connectivity index (χ0v) is 17.8. The predicted octanol–water partition coefficient (Wildman–Crippen LogP) is 3.85. The van der Waals surface area contributed by atoms with Crippen molar-refractivity contribution in [1.29, 1.82) is 0 Å². The number of unbranched alkanes of at least 4 members (excludes halogenated alkanes) is 3. The van der Waals surface area contributed by atoms with Crippen LogP contribution in [-0.4, -0.2) is 36.8 Å². The molecule has 0 fully saturated rings. The molecule has 1 unspecified atom stereocenters. The van der Waals surface area contributed by atoms with Crippen molar-refractivity contribution in [2.75, 3.05) is 19.8 Å². The van der Waals surface area contributed by atoms with Gasteiger partial charge in [-0.2, -0.15) is 0 Å². The fraction of sp³-hybridized carbons (Fsp3) is 0.579. The highest BCUT2D eigenvalue weighted by Crippen LogP contribution is 2.36. The van der Waals surface area contributed by atoms with E-state index in [1.54, 1.807) is 0 Å². The van der Waals surface area contributed by atoms with E-state index in [9.17, 15) is 14.2 Å². The van der Waals surface area contributed by atoms with Gasteiger partial charge >= 0.3 is 19.7 Å². The highest BCUT2D eigenvalue weighted by molar-refractivity contribution is 7.51. The van der Waals surface area contributed by atoms with Gasteiger partial charge < -0.3 is 24.2 Å². The fourth-order valence-corrected chi connectivity index (χ4v) is 3.10. The summed E-state index contributed by atoms with van der Waals surface area (Å²) >= 11 is 0. The summed E-state index contributed by atoms with van der Waals surface area (Å²) in [7, 11) is -3.38. The molecule has 0 aliphatic rings.